The predicted molar refractivity (Wildman–Crippen MR) is 444 cm³/mol. The van der Waals surface area contributed by atoms with Crippen molar-refractivity contribution in [1.29, 1.82) is 0 Å². The van der Waals surface area contributed by atoms with Gasteiger partial charge in [-0.25, -0.2) is 24.7 Å². The maximum atomic E-state index is 12.6. The van der Waals surface area contributed by atoms with Gasteiger partial charge in [-0.05, 0) is 151 Å². The first kappa shape index (κ1) is 85.9. The Kier molecular flexibility index (Phi) is 27.7. The Bertz CT molecular complexity index is 5380. The Hall–Kier alpha value is -14.0. The highest BCUT2D eigenvalue weighted by Gasteiger charge is 2.36. The van der Waals surface area contributed by atoms with Gasteiger partial charge in [-0.15, -0.1) is 32.8 Å². The van der Waals surface area contributed by atoms with Gasteiger partial charge in [-0.2, -0.15) is 0 Å². The molecule has 628 valence electrons. The number of carbonyl (C=O) groups is 8. The number of rotatable bonds is 12. The van der Waals surface area contributed by atoms with E-state index in [1.165, 1.54) is 44.5 Å². The van der Waals surface area contributed by atoms with Crippen molar-refractivity contribution in [3.8, 4) is 23.0 Å². The largest absolute Gasteiger partial charge is 0.490 e. The summed E-state index contributed by atoms with van der Waals surface area (Å²) in [6, 6.07) is 44.3. The summed E-state index contributed by atoms with van der Waals surface area (Å²) in [5, 5.41) is 35.8. The summed E-state index contributed by atoms with van der Waals surface area (Å²) in [5.41, 5.74) is 18.1. The maximum Gasteiger partial charge on any atom is 0.378 e. The van der Waals surface area contributed by atoms with E-state index in [0.717, 1.165) is 57.2 Å². The number of Topliss-reactive ketones (excluding diaryl/α,β-unsaturated/α-hetero) is 4. The number of pyridine rings is 4. The average Bonchev–Trinajstić information content (AvgIpc) is 1.66. The van der Waals surface area contributed by atoms with E-state index in [-0.39, 0.29) is 149 Å². The minimum Gasteiger partial charge on any atom is -0.490 e. The molecule has 4 aliphatic heterocycles. The molecule has 2 unspecified atom stereocenters. The standard InChI is InChI=1S/3C21H19N5O3.C14H15N3O2.C9H10N2O2.2CH4.ClH/c3*27-17-10-15-18(6-3-9-22-15)29-11-16(17)23-21(28)20-24-19(25-26-20)14-8-7-12-4-1-2-5-13(12)14;1-2-19-14(18)13-15-12(16-17-13)11-8-7-9-5-3-4-6-10(9)11;10-6-5-13-9-2-1-3-11-7(9)4-8(6)12;;;/h3*1-6,9,14,16H,7-8,10-11H2,(H,23,28)(H,24,25,26);3-6,11H,2,7-8H2,1H3,(H,15,16,17);1-3,6H,4-5,10H2;2*1H4;1H/t14?,16-;14-,16+;14-,16-;;6-;;;/m010.0.../s1. The number of fused-ring (bicyclic) bond motifs is 8. The Labute approximate surface area is 707 Å². The monoisotopic (exact) mass is 1670 g/mol. The first-order chi connectivity index (χ1) is 58.1. The lowest BCUT2D eigenvalue weighted by Crippen LogP contribution is -2.45. The van der Waals surface area contributed by atoms with E-state index < -0.39 is 47.9 Å². The van der Waals surface area contributed by atoms with Gasteiger partial charge in [-0.1, -0.05) is 112 Å². The van der Waals surface area contributed by atoms with E-state index >= 15 is 0 Å². The zero-order chi connectivity index (χ0) is 81.9. The number of aromatic amines is 4. The summed E-state index contributed by atoms with van der Waals surface area (Å²) < 4.78 is 27.2. The Morgan fingerprint density at radius 3 is 0.959 bits per heavy atom. The molecule has 20 rings (SSSR count). The molecular weight excluding hydrogens is 1580 g/mol. The van der Waals surface area contributed by atoms with Crippen LogP contribution in [0.15, 0.2) is 170 Å². The normalized spacial score (nSPS) is 19.5. The van der Waals surface area contributed by atoms with Gasteiger partial charge in [0.25, 0.3) is 23.5 Å². The molecular formula is C88H91ClN20O13. The number of hydrogen-bond donors (Lipinski definition) is 8. The number of aromatic nitrogens is 16. The van der Waals surface area contributed by atoms with Crippen LogP contribution in [0.1, 0.15) is 204 Å². The van der Waals surface area contributed by atoms with Crippen LogP contribution < -0.4 is 40.6 Å². The number of amides is 3. The molecule has 9 N–H and O–H groups in total. The second-order valence-electron chi connectivity index (χ2n) is 29.4. The molecule has 0 spiro atoms. The molecule has 3 amide bonds. The molecule has 8 aliphatic rings. The van der Waals surface area contributed by atoms with E-state index in [4.69, 9.17) is 29.4 Å². The van der Waals surface area contributed by atoms with Gasteiger partial charge in [0.1, 0.15) is 90.8 Å². The van der Waals surface area contributed by atoms with Crippen LogP contribution in [0.2, 0.25) is 0 Å². The fourth-order valence-electron chi connectivity index (χ4n) is 15.7. The minimum absolute atomic E-state index is 0. The number of nitrogens with one attached hydrogen (secondary N) is 7. The van der Waals surface area contributed by atoms with Crippen molar-refractivity contribution in [2.75, 3.05) is 33.0 Å². The summed E-state index contributed by atoms with van der Waals surface area (Å²) in [6.45, 7) is 2.49. The number of carbonyl (C=O) groups excluding carboxylic acids is 8. The Balaban J connectivity index is 0.000000134. The van der Waals surface area contributed by atoms with Gasteiger partial charge in [0.15, 0.2) is 23.1 Å². The smallest absolute Gasteiger partial charge is 0.378 e. The number of benzene rings is 4. The van der Waals surface area contributed by atoms with Crippen molar-refractivity contribution in [3.63, 3.8) is 0 Å². The fraction of sp³-hybridized carbons (Fsp3) is 0.318. The van der Waals surface area contributed by atoms with Gasteiger partial charge < -0.3 is 45.4 Å². The fourth-order valence-corrected chi connectivity index (χ4v) is 15.7. The molecule has 4 aliphatic carbocycles. The van der Waals surface area contributed by atoms with Crippen LogP contribution in [0, 0.1) is 0 Å². The van der Waals surface area contributed by atoms with Crippen LogP contribution >= 0.6 is 12.4 Å². The zero-order valence-corrected chi connectivity index (χ0v) is 65.8. The molecule has 33 nitrogen and oxygen atoms in total. The van der Waals surface area contributed by atoms with Crippen molar-refractivity contribution in [2.45, 2.75) is 147 Å². The molecule has 8 atom stereocenters. The molecule has 0 fully saturated rings. The van der Waals surface area contributed by atoms with Crippen LogP contribution in [-0.2, 0) is 75.3 Å². The van der Waals surface area contributed by atoms with Crippen LogP contribution in [0.3, 0.4) is 0 Å². The Morgan fingerprint density at radius 1 is 0.385 bits per heavy atom. The van der Waals surface area contributed by atoms with Crippen molar-refractivity contribution in [2.24, 2.45) is 5.73 Å². The lowest BCUT2D eigenvalue weighted by molar-refractivity contribution is -0.121. The highest BCUT2D eigenvalue weighted by Crippen LogP contribution is 2.40. The van der Waals surface area contributed by atoms with E-state index in [1.807, 2.05) is 48.5 Å². The summed E-state index contributed by atoms with van der Waals surface area (Å²) in [4.78, 5) is 132. The quantitative estimate of drug-likeness (QED) is 0.0532. The number of ketones is 4. The topological polar surface area (TPSA) is 463 Å². The first-order valence-electron chi connectivity index (χ1n) is 39.4. The summed E-state index contributed by atoms with van der Waals surface area (Å²) in [6.07, 6.45) is 14.8. The van der Waals surface area contributed by atoms with Crippen molar-refractivity contribution in [1.82, 2.24) is 96.6 Å². The summed E-state index contributed by atoms with van der Waals surface area (Å²) in [5.74, 6) is 3.34. The third-order valence-electron chi connectivity index (χ3n) is 21.8. The van der Waals surface area contributed by atoms with Gasteiger partial charge in [0, 0.05) is 48.5 Å². The number of nitrogens with zero attached hydrogens (tertiary/aromatic N) is 12. The molecule has 34 heteroatoms. The van der Waals surface area contributed by atoms with Crippen LogP contribution in [0.5, 0.6) is 23.0 Å². The van der Waals surface area contributed by atoms with E-state index in [1.54, 1.807) is 80.2 Å². The summed E-state index contributed by atoms with van der Waals surface area (Å²) in [7, 11) is 0. The third kappa shape index (κ3) is 19.5. The number of esters is 1. The molecule has 12 aromatic rings. The lowest BCUT2D eigenvalue weighted by atomic mass is 10.0. The third-order valence-corrected chi connectivity index (χ3v) is 21.8. The first-order valence-corrected chi connectivity index (χ1v) is 39.4. The zero-order valence-electron chi connectivity index (χ0n) is 65.0. The van der Waals surface area contributed by atoms with Crippen molar-refractivity contribution in [3.05, 3.63) is 284 Å². The average molecular weight is 1670 g/mol. The van der Waals surface area contributed by atoms with Crippen molar-refractivity contribution < 1.29 is 62.0 Å². The minimum atomic E-state index is -0.772. The highest BCUT2D eigenvalue weighted by molar-refractivity contribution is 5.98. The van der Waals surface area contributed by atoms with Crippen LogP contribution in [0.4, 0.5) is 0 Å². The number of aryl methyl sites for hydroxylation is 4. The molecule has 8 aromatic heterocycles. The second kappa shape index (κ2) is 39.3. The predicted octanol–water partition coefficient (Wildman–Crippen LogP) is 8.41. The van der Waals surface area contributed by atoms with Crippen LogP contribution in [-0.4, -0.2) is 185 Å². The van der Waals surface area contributed by atoms with E-state index in [2.05, 4.69) is 145 Å². The maximum absolute atomic E-state index is 12.6. The number of H-pyrrole nitrogens is 4. The molecule has 0 saturated carbocycles. The molecule has 0 radical (unpaired) electrons. The SMILES string of the molecule is C.C.CCOC(=O)c1n[nH]c(C2CCc3ccccc32)n1.Cl.N[C@H]1COc2cccnc2CC1=O.O=C(N[C@H]1COc2cccnc2CC1=O)c1n[nH]c(C2CCc3ccccc32)n1.O=C(N[C@H]1COc2cccnc2CC1=O)c1n[nH]c([C@@H]2CCc3ccccc32)n1.O=C(N[C@H]1COc2cccnc2CC1=O)c1n[nH]c([C@H]2CCc3ccccc32)n1. The highest BCUT2D eigenvalue weighted by atomic mass is 35.5. The van der Waals surface area contributed by atoms with E-state index in [0.29, 0.717) is 69.9 Å². The van der Waals surface area contributed by atoms with Crippen molar-refractivity contribution >= 4 is 59.2 Å². The van der Waals surface area contributed by atoms with Gasteiger partial charge >= 0.3 is 5.97 Å². The molecule has 0 saturated heterocycles. The molecule has 4 aromatic carbocycles. The second-order valence-corrected chi connectivity index (χ2v) is 29.4. The van der Waals surface area contributed by atoms with Gasteiger partial charge in [0.2, 0.25) is 17.5 Å². The number of halogens is 1. The Morgan fingerprint density at radius 2 is 0.656 bits per heavy atom. The van der Waals surface area contributed by atoms with Crippen LogP contribution in [0.25, 0.3) is 0 Å². The number of ether oxygens (including phenoxy) is 5. The molecule has 12 heterocycles. The molecule has 0 bridgehead atoms. The number of hydrogen-bond acceptors (Lipinski definition) is 26. The van der Waals surface area contributed by atoms with Gasteiger partial charge in [-0.3, -0.25) is 73.9 Å². The molecule has 122 heavy (non-hydrogen) atoms. The van der Waals surface area contributed by atoms with E-state index in [9.17, 15) is 38.4 Å². The lowest BCUT2D eigenvalue weighted by Gasteiger charge is -2.13. The summed E-state index contributed by atoms with van der Waals surface area (Å²) >= 11 is 0. The van der Waals surface area contributed by atoms with Gasteiger partial charge in [0.05, 0.1) is 61.1 Å². The number of nitrogens with two attached hydrogens (primary N) is 1.